The lowest BCUT2D eigenvalue weighted by Crippen LogP contribution is -2.48. The van der Waals surface area contributed by atoms with Crippen molar-refractivity contribution in [2.45, 2.75) is 6.42 Å². The average molecular weight is 470 g/mol. The van der Waals surface area contributed by atoms with Gasteiger partial charge in [-0.2, -0.15) is 0 Å². The van der Waals surface area contributed by atoms with E-state index in [1.165, 1.54) is 18.2 Å². The zero-order valence-electron chi connectivity index (χ0n) is 16.2. The molecule has 0 aliphatic heterocycles. The molecule has 0 spiro atoms. The molecular formula is C18H20ClN5O4S2. The fraction of sp³-hybridized carbons (Fsp3) is 0.222. The number of methoxy groups -OCH3 is 2. The summed E-state index contributed by atoms with van der Waals surface area (Å²) in [5, 5.41) is 17.4. The van der Waals surface area contributed by atoms with Crippen molar-refractivity contribution in [1.29, 1.82) is 0 Å². The number of nitro groups is 1. The minimum atomic E-state index is -0.520. The summed E-state index contributed by atoms with van der Waals surface area (Å²) in [6, 6.07) is 9.69. The van der Waals surface area contributed by atoms with Crippen molar-refractivity contribution >= 4 is 57.6 Å². The first-order chi connectivity index (χ1) is 14.3. The van der Waals surface area contributed by atoms with Crippen molar-refractivity contribution in [2.75, 3.05) is 26.1 Å². The minimum Gasteiger partial charge on any atom is -0.493 e. The molecule has 0 radical (unpaired) electrons. The van der Waals surface area contributed by atoms with Gasteiger partial charge in [0.15, 0.2) is 21.7 Å². The van der Waals surface area contributed by atoms with E-state index in [9.17, 15) is 10.1 Å². The average Bonchev–Trinajstić information content (AvgIpc) is 2.73. The van der Waals surface area contributed by atoms with E-state index >= 15 is 0 Å². The van der Waals surface area contributed by atoms with Crippen LogP contribution < -0.4 is 31.0 Å². The Morgan fingerprint density at radius 3 is 2.43 bits per heavy atom. The molecule has 2 aromatic carbocycles. The van der Waals surface area contributed by atoms with E-state index in [1.807, 2.05) is 18.2 Å². The zero-order chi connectivity index (χ0) is 22.1. The van der Waals surface area contributed by atoms with Crippen LogP contribution in [0.2, 0.25) is 5.02 Å². The van der Waals surface area contributed by atoms with Crippen LogP contribution in [0.1, 0.15) is 5.56 Å². The Hall–Kier alpha value is -2.89. The number of rotatable bonds is 7. The summed E-state index contributed by atoms with van der Waals surface area (Å²) in [6.07, 6.45) is 0.703. The number of benzene rings is 2. The molecule has 160 valence electrons. The largest absolute Gasteiger partial charge is 0.493 e. The van der Waals surface area contributed by atoms with Gasteiger partial charge in [0.05, 0.1) is 29.9 Å². The SMILES string of the molecule is COc1ccc(CCNC(=S)NNC(=S)Nc2cc([N+](=O)[O-])ccc2Cl)cc1OC. The number of thiocarbonyl (C=S) groups is 2. The van der Waals surface area contributed by atoms with Crippen LogP contribution in [0.3, 0.4) is 0 Å². The maximum atomic E-state index is 10.9. The Balaban J connectivity index is 1.77. The molecule has 0 saturated carbocycles. The van der Waals surface area contributed by atoms with E-state index in [-0.39, 0.29) is 10.8 Å². The van der Waals surface area contributed by atoms with Gasteiger partial charge in [0.2, 0.25) is 0 Å². The van der Waals surface area contributed by atoms with Gasteiger partial charge < -0.3 is 20.1 Å². The summed E-state index contributed by atoms with van der Waals surface area (Å²) in [5.41, 5.74) is 6.67. The van der Waals surface area contributed by atoms with E-state index in [0.717, 1.165) is 5.56 Å². The Morgan fingerprint density at radius 2 is 1.77 bits per heavy atom. The summed E-state index contributed by atoms with van der Waals surface area (Å²) in [7, 11) is 3.17. The Kier molecular flexibility index (Phi) is 8.84. The number of nitrogens with zero attached hydrogens (tertiary/aromatic N) is 1. The third kappa shape index (κ3) is 6.87. The highest BCUT2D eigenvalue weighted by molar-refractivity contribution is 7.80. The monoisotopic (exact) mass is 469 g/mol. The standard InChI is InChI=1S/C18H20ClN5O4S2/c1-27-15-6-3-11(9-16(15)28-2)7-8-20-17(29)22-23-18(30)21-14-10-12(24(25)26)4-5-13(14)19/h3-6,9-10H,7-8H2,1-2H3,(H2,20,22,29)(H2,21,23,30). The number of hydrazine groups is 1. The van der Waals surface area contributed by atoms with Gasteiger partial charge in [-0.3, -0.25) is 21.0 Å². The van der Waals surface area contributed by atoms with Gasteiger partial charge in [-0.25, -0.2) is 0 Å². The first-order valence-electron chi connectivity index (χ1n) is 8.59. The predicted octanol–water partition coefficient (Wildman–Crippen LogP) is 3.17. The van der Waals surface area contributed by atoms with Crippen molar-refractivity contribution < 1.29 is 14.4 Å². The Labute approximate surface area is 189 Å². The van der Waals surface area contributed by atoms with E-state index in [4.69, 9.17) is 45.5 Å². The number of ether oxygens (including phenoxy) is 2. The first-order valence-corrected chi connectivity index (χ1v) is 9.79. The van der Waals surface area contributed by atoms with E-state index < -0.39 is 4.92 Å². The van der Waals surface area contributed by atoms with Crippen LogP contribution in [-0.4, -0.2) is 35.9 Å². The molecule has 30 heavy (non-hydrogen) atoms. The maximum Gasteiger partial charge on any atom is 0.271 e. The summed E-state index contributed by atoms with van der Waals surface area (Å²) in [4.78, 5) is 10.4. The highest BCUT2D eigenvalue weighted by Gasteiger charge is 2.11. The molecule has 0 saturated heterocycles. The molecule has 0 fully saturated rings. The Bertz CT molecular complexity index is 945. The molecule has 4 N–H and O–H groups in total. The van der Waals surface area contributed by atoms with Crippen LogP contribution in [0, 0.1) is 10.1 Å². The lowest BCUT2D eigenvalue weighted by Gasteiger charge is -2.15. The molecule has 0 aliphatic carbocycles. The molecule has 0 bridgehead atoms. The fourth-order valence-corrected chi connectivity index (χ4v) is 2.87. The van der Waals surface area contributed by atoms with Crippen molar-refractivity contribution in [3.63, 3.8) is 0 Å². The van der Waals surface area contributed by atoms with Crippen LogP contribution in [0.4, 0.5) is 11.4 Å². The molecule has 2 rings (SSSR count). The van der Waals surface area contributed by atoms with Gasteiger partial charge >= 0.3 is 0 Å². The van der Waals surface area contributed by atoms with Gasteiger partial charge in [0, 0.05) is 18.7 Å². The second-order valence-electron chi connectivity index (χ2n) is 5.82. The molecule has 0 amide bonds. The number of hydrogen-bond acceptors (Lipinski definition) is 6. The minimum absolute atomic E-state index is 0.106. The lowest BCUT2D eigenvalue weighted by atomic mass is 10.1. The topological polar surface area (TPSA) is 110 Å². The molecule has 12 heteroatoms. The molecule has 0 aromatic heterocycles. The van der Waals surface area contributed by atoms with Crippen LogP contribution >= 0.6 is 36.0 Å². The number of nitro benzene ring substituents is 1. The normalized spacial score (nSPS) is 9.97. The highest BCUT2D eigenvalue weighted by Crippen LogP contribution is 2.28. The van der Waals surface area contributed by atoms with Gasteiger partial charge in [0.1, 0.15) is 0 Å². The number of anilines is 1. The van der Waals surface area contributed by atoms with Crippen molar-refractivity contribution in [2.24, 2.45) is 0 Å². The fourth-order valence-electron chi connectivity index (χ4n) is 2.39. The molecule has 0 atom stereocenters. The van der Waals surface area contributed by atoms with Gasteiger partial charge in [-0.15, -0.1) is 0 Å². The smallest absolute Gasteiger partial charge is 0.271 e. The highest BCUT2D eigenvalue weighted by atomic mass is 35.5. The quantitative estimate of drug-likeness (QED) is 0.274. The van der Waals surface area contributed by atoms with E-state index in [1.54, 1.807) is 14.2 Å². The van der Waals surface area contributed by atoms with Crippen molar-refractivity contribution in [3.05, 3.63) is 57.1 Å². The molecule has 0 aliphatic rings. The van der Waals surface area contributed by atoms with E-state index in [2.05, 4.69) is 21.5 Å². The Morgan fingerprint density at radius 1 is 1.07 bits per heavy atom. The third-order valence-electron chi connectivity index (χ3n) is 3.85. The summed E-state index contributed by atoms with van der Waals surface area (Å²) >= 11 is 16.4. The molecule has 0 unspecified atom stereocenters. The maximum absolute atomic E-state index is 10.9. The number of non-ortho nitro benzene ring substituents is 1. The molecular weight excluding hydrogens is 450 g/mol. The summed E-state index contributed by atoms with van der Waals surface area (Å²) in [6.45, 7) is 0.569. The van der Waals surface area contributed by atoms with E-state index in [0.29, 0.717) is 40.3 Å². The summed E-state index contributed by atoms with van der Waals surface area (Å²) < 4.78 is 10.5. The van der Waals surface area contributed by atoms with Crippen LogP contribution in [-0.2, 0) is 6.42 Å². The number of halogens is 1. The van der Waals surface area contributed by atoms with Gasteiger partial charge in [-0.1, -0.05) is 17.7 Å². The zero-order valence-corrected chi connectivity index (χ0v) is 18.5. The summed E-state index contributed by atoms with van der Waals surface area (Å²) in [5.74, 6) is 1.33. The first kappa shape index (κ1) is 23.4. The molecule has 2 aromatic rings. The van der Waals surface area contributed by atoms with Crippen LogP contribution in [0.5, 0.6) is 11.5 Å². The number of nitrogens with one attached hydrogen (secondary N) is 4. The van der Waals surface area contributed by atoms with Crippen molar-refractivity contribution in [1.82, 2.24) is 16.2 Å². The van der Waals surface area contributed by atoms with Gasteiger partial charge in [0.25, 0.3) is 5.69 Å². The second kappa shape index (κ2) is 11.3. The second-order valence-corrected chi connectivity index (χ2v) is 7.04. The van der Waals surface area contributed by atoms with Gasteiger partial charge in [-0.05, 0) is 54.6 Å². The predicted molar refractivity (Wildman–Crippen MR) is 124 cm³/mol. The number of hydrogen-bond donors (Lipinski definition) is 4. The van der Waals surface area contributed by atoms with Crippen LogP contribution in [0.25, 0.3) is 0 Å². The van der Waals surface area contributed by atoms with Crippen LogP contribution in [0.15, 0.2) is 36.4 Å². The van der Waals surface area contributed by atoms with Crippen molar-refractivity contribution in [3.8, 4) is 11.5 Å². The molecule has 9 nitrogen and oxygen atoms in total. The third-order valence-corrected chi connectivity index (χ3v) is 4.63. The molecule has 0 heterocycles. The lowest BCUT2D eigenvalue weighted by molar-refractivity contribution is -0.384.